The van der Waals surface area contributed by atoms with Gasteiger partial charge in [0.05, 0.1) is 0 Å². The molecule has 2 unspecified atom stereocenters. The van der Waals surface area contributed by atoms with Crippen LogP contribution in [-0.2, 0) is 0 Å². The second-order valence-corrected chi connectivity index (χ2v) is 11.6. The first-order valence-electron chi connectivity index (χ1n) is 15.6. The van der Waals surface area contributed by atoms with Crippen molar-refractivity contribution in [3.63, 3.8) is 0 Å². The molecule has 2 aliphatic carbocycles. The average Bonchev–Trinajstić information content (AvgIpc) is 3.56. The summed E-state index contributed by atoms with van der Waals surface area (Å²) in [6, 6.07) is 10.6. The molecule has 1 aromatic rings. The van der Waals surface area contributed by atoms with Crippen LogP contribution >= 0.6 is 0 Å². The molecular formula is C38H47N3. The molecule has 214 valence electrons. The van der Waals surface area contributed by atoms with Crippen LogP contribution in [0.3, 0.4) is 0 Å². The Morgan fingerprint density at radius 2 is 1.90 bits per heavy atom. The van der Waals surface area contributed by atoms with Crippen molar-refractivity contribution in [1.29, 1.82) is 0 Å². The van der Waals surface area contributed by atoms with E-state index in [0.29, 0.717) is 11.8 Å². The van der Waals surface area contributed by atoms with Crippen molar-refractivity contribution in [2.45, 2.75) is 59.3 Å². The number of hydrogen-bond donors (Lipinski definition) is 3. The number of allylic oxidation sites excluding steroid dienone is 13. The maximum atomic E-state index is 3.70. The third kappa shape index (κ3) is 7.33. The summed E-state index contributed by atoms with van der Waals surface area (Å²) >= 11 is 0. The maximum Gasteiger partial charge on any atom is 0.0369 e. The number of hydrogen-bond acceptors (Lipinski definition) is 3. The number of benzene rings is 1. The lowest BCUT2D eigenvalue weighted by Crippen LogP contribution is -2.22. The molecule has 2 heterocycles. The Hall–Kier alpha value is -3.72. The summed E-state index contributed by atoms with van der Waals surface area (Å²) in [6.45, 7) is 9.74. The number of para-hydroxylation sites is 1. The fourth-order valence-electron chi connectivity index (χ4n) is 6.52. The van der Waals surface area contributed by atoms with Crippen molar-refractivity contribution in [2.75, 3.05) is 25.0 Å². The van der Waals surface area contributed by atoms with E-state index >= 15 is 0 Å². The first-order valence-corrected chi connectivity index (χ1v) is 15.6. The Morgan fingerprint density at radius 3 is 2.61 bits per heavy atom. The average molecular weight is 546 g/mol. The molecular weight excluding hydrogens is 498 g/mol. The van der Waals surface area contributed by atoms with Gasteiger partial charge in [-0.1, -0.05) is 67.7 Å². The van der Waals surface area contributed by atoms with E-state index in [-0.39, 0.29) is 0 Å². The second-order valence-electron chi connectivity index (χ2n) is 11.6. The van der Waals surface area contributed by atoms with Crippen molar-refractivity contribution in [3.8, 4) is 0 Å². The van der Waals surface area contributed by atoms with Crippen LogP contribution in [0, 0.1) is 11.8 Å². The predicted molar refractivity (Wildman–Crippen MR) is 176 cm³/mol. The molecule has 0 saturated heterocycles. The van der Waals surface area contributed by atoms with Gasteiger partial charge in [0.1, 0.15) is 0 Å². The highest BCUT2D eigenvalue weighted by molar-refractivity contribution is 5.58. The summed E-state index contributed by atoms with van der Waals surface area (Å²) < 4.78 is 0. The normalized spacial score (nSPS) is 23.5. The lowest BCUT2D eigenvalue weighted by atomic mass is 9.79. The minimum Gasteiger partial charge on any atom is -0.390 e. The van der Waals surface area contributed by atoms with E-state index in [1.54, 1.807) is 5.57 Å². The Kier molecular flexibility index (Phi) is 10.0. The Labute approximate surface area is 248 Å². The largest absolute Gasteiger partial charge is 0.390 e. The number of anilines is 1. The number of dihydropyridines is 1. The van der Waals surface area contributed by atoms with Crippen LogP contribution in [0.1, 0.15) is 59.3 Å². The zero-order chi connectivity index (χ0) is 28.4. The van der Waals surface area contributed by atoms with Gasteiger partial charge in [-0.05, 0) is 133 Å². The van der Waals surface area contributed by atoms with Crippen molar-refractivity contribution in [3.05, 3.63) is 136 Å². The van der Waals surface area contributed by atoms with E-state index in [2.05, 4.69) is 122 Å². The molecule has 2 aliphatic heterocycles. The van der Waals surface area contributed by atoms with Crippen molar-refractivity contribution in [1.82, 2.24) is 10.6 Å². The molecule has 0 bridgehead atoms. The van der Waals surface area contributed by atoms with E-state index in [1.807, 2.05) is 6.20 Å². The van der Waals surface area contributed by atoms with Gasteiger partial charge < -0.3 is 16.0 Å². The third-order valence-corrected chi connectivity index (χ3v) is 8.97. The fraction of sp³-hybridized carbons (Fsp3) is 0.368. The SMILES string of the molecule is CC/C=C\C1=C(C(/C)=C/C=C(\CNc2ccccc2)C2C=CC(C3=CC=CNC3)CC2)CCC(C2=CNCC2)=C1C. The topological polar surface area (TPSA) is 36.1 Å². The third-order valence-electron chi connectivity index (χ3n) is 8.97. The monoisotopic (exact) mass is 545 g/mol. The molecule has 0 spiro atoms. The summed E-state index contributed by atoms with van der Waals surface area (Å²) in [4.78, 5) is 0. The van der Waals surface area contributed by atoms with E-state index in [1.165, 1.54) is 57.5 Å². The van der Waals surface area contributed by atoms with Gasteiger partial charge in [0.15, 0.2) is 0 Å². The van der Waals surface area contributed by atoms with Crippen molar-refractivity contribution in [2.24, 2.45) is 11.8 Å². The van der Waals surface area contributed by atoms with Crippen LogP contribution < -0.4 is 16.0 Å². The summed E-state index contributed by atoms with van der Waals surface area (Å²) in [5.41, 5.74) is 12.9. The van der Waals surface area contributed by atoms with E-state index in [9.17, 15) is 0 Å². The van der Waals surface area contributed by atoms with Crippen LogP contribution in [-0.4, -0.2) is 19.6 Å². The number of rotatable bonds is 10. The van der Waals surface area contributed by atoms with E-state index < -0.39 is 0 Å². The molecule has 2 atom stereocenters. The lowest BCUT2D eigenvalue weighted by Gasteiger charge is -2.28. The summed E-state index contributed by atoms with van der Waals surface area (Å²) in [5, 5.41) is 10.5. The molecule has 0 radical (unpaired) electrons. The van der Waals surface area contributed by atoms with Gasteiger partial charge in [0.25, 0.3) is 0 Å². The Morgan fingerprint density at radius 1 is 1.02 bits per heavy atom. The predicted octanol–water partition coefficient (Wildman–Crippen LogP) is 8.85. The van der Waals surface area contributed by atoms with Gasteiger partial charge >= 0.3 is 0 Å². The van der Waals surface area contributed by atoms with Gasteiger partial charge in [-0.15, -0.1) is 0 Å². The maximum absolute atomic E-state index is 3.70. The van der Waals surface area contributed by atoms with Gasteiger partial charge in [-0.2, -0.15) is 0 Å². The first-order chi connectivity index (χ1) is 20.1. The van der Waals surface area contributed by atoms with Gasteiger partial charge in [-0.25, -0.2) is 0 Å². The molecule has 1 aromatic carbocycles. The van der Waals surface area contributed by atoms with E-state index in [4.69, 9.17) is 0 Å². The van der Waals surface area contributed by atoms with Gasteiger partial charge in [-0.3, -0.25) is 0 Å². The van der Waals surface area contributed by atoms with Crippen LogP contribution in [0.25, 0.3) is 0 Å². The van der Waals surface area contributed by atoms with Crippen molar-refractivity contribution < 1.29 is 0 Å². The first kappa shape index (κ1) is 28.8. The quantitative estimate of drug-likeness (QED) is 0.203. The molecule has 0 saturated carbocycles. The molecule has 0 aromatic heterocycles. The molecule has 5 rings (SSSR count). The standard InChI is InChI=1S/C38H47N3/c1-4-5-13-38-29(3)37(34-22-24-40-26-34)21-20-36(38)28(2)14-15-33(27-41-35-11-7-6-8-12-35)31-18-16-30(17-19-31)32-10-9-23-39-25-32/h5-16,18,23,26,30-31,39-41H,4,17,19-22,24-25,27H2,1-3H3/b13-5-,28-14+,33-15+. The lowest BCUT2D eigenvalue weighted by molar-refractivity contribution is 0.520. The zero-order valence-electron chi connectivity index (χ0n) is 25.2. The zero-order valence-corrected chi connectivity index (χ0v) is 25.2. The molecule has 0 fully saturated rings. The van der Waals surface area contributed by atoms with E-state index in [0.717, 1.165) is 45.3 Å². The van der Waals surface area contributed by atoms with Crippen molar-refractivity contribution >= 4 is 5.69 Å². The summed E-state index contributed by atoms with van der Waals surface area (Å²) in [5.74, 6) is 0.993. The van der Waals surface area contributed by atoms with Gasteiger partial charge in [0, 0.05) is 31.5 Å². The Bertz CT molecular complexity index is 1360. The Balaban J connectivity index is 1.43. The smallest absolute Gasteiger partial charge is 0.0369 e. The molecule has 41 heavy (non-hydrogen) atoms. The highest BCUT2D eigenvalue weighted by Crippen LogP contribution is 2.39. The molecule has 3 nitrogen and oxygen atoms in total. The van der Waals surface area contributed by atoms with Crippen LogP contribution in [0.15, 0.2) is 136 Å². The minimum atomic E-state index is 0.453. The minimum absolute atomic E-state index is 0.453. The molecule has 4 aliphatic rings. The van der Waals surface area contributed by atoms with Crippen LogP contribution in [0.4, 0.5) is 5.69 Å². The van der Waals surface area contributed by atoms with Crippen LogP contribution in [0.2, 0.25) is 0 Å². The fourth-order valence-corrected chi connectivity index (χ4v) is 6.52. The molecule has 3 N–H and O–H groups in total. The number of nitrogens with one attached hydrogen (secondary N) is 3. The second kappa shape index (κ2) is 14.3. The van der Waals surface area contributed by atoms with Crippen LogP contribution in [0.5, 0.6) is 0 Å². The summed E-state index contributed by atoms with van der Waals surface area (Å²) in [7, 11) is 0. The highest BCUT2D eigenvalue weighted by Gasteiger charge is 2.23. The molecule has 3 heteroatoms. The highest BCUT2D eigenvalue weighted by atomic mass is 14.9. The summed E-state index contributed by atoms with van der Waals surface area (Å²) in [6.07, 6.45) is 29.9. The van der Waals surface area contributed by atoms with Gasteiger partial charge in [0.2, 0.25) is 0 Å². The molecule has 0 amide bonds.